The van der Waals surface area contributed by atoms with E-state index in [1.807, 2.05) is 0 Å². The van der Waals surface area contributed by atoms with E-state index in [-0.39, 0.29) is 0 Å². The Morgan fingerprint density at radius 3 is 1.71 bits per heavy atom. The van der Waals surface area contributed by atoms with Crippen LogP contribution in [0.3, 0.4) is 0 Å². The third-order valence-corrected chi connectivity index (χ3v) is 5.45. The quantitative estimate of drug-likeness (QED) is 0.598. The molecule has 1 fully saturated rings. The van der Waals surface area contributed by atoms with Gasteiger partial charge >= 0.3 is 0 Å². The monoisotopic (exact) mass is 196 g/mol. The van der Waals surface area contributed by atoms with E-state index in [0.717, 1.165) is 17.8 Å². The molecule has 0 aromatic carbocycles. The van der Waals surface area contributed by atoms with Crippen LogP contribution in [-0.2, 0) is 0 Å². The van der Waals surface area contributed by atoms with Gasteiger partial charge in [0.15, 0.2) is 0 Å². The maximum atomic E-state index is 2.50. The van der Waals surface area contributed by atoms with E-state index >= 15 is 0 Å². The third-order valence-electron chi connectivity index (χ3n) is 5.45. The van der Waals surface area contributed by atoms with Gasteiger partial charge in [-0.3, -0.25) is 0 Å². The van der Waals surface area contributed by atoms with Crippen LogP contribution in [-0.4, -0.2) is 0 Å². The van der Waals surface area contributed by atoms with Gasteiger partial charge in [0, 0.05) is 0 Å². The highest BCUT2D eigenvalue weighted by molar-refractivity contribution is 5.02. The van der Waals surface area contributed by atoms with Gasteiger partial charge in [0.25, 0.3) is 0 Å². The van der Waals surface area contributed by atoms with Gasteiger partial charge in [-0.05, 0) is 41.4 Å². The molecular formula is C14H28. The van der Waals surface area contributed by atoms with Crippen molar-refractivity contribution >= 4 is 0 Å². The Morgan fingerprint density at radius 1 is 1.00 bits per heavy atom. The lowest BCUT2D eigenvalue weighted by Gasteiger charge is -2.46. The lowest BCUT2D eigenvalue weighted by atomic mass is 9.59. The molecule has 0 amide bonds. The summed E-state index contributed by atoms with van der Waals surface area (Å²) >= 11 is 0. The summed E-state index contributed by atoms with van der Waals surface area (Å²) in [7, 11) is 0. The van der Waals surface area contributed by atoms with Crippen molar-refractivity contribution in [2.24, 2.45) is 28.6 Å². The van der Waals surface area contributed by atoms with Crippen LogP contribution in [0.4, 0.5) is 0 Å². The summed E-state index contributed by atoms with van der Waals surface area (Å²) in [6.07, 6.45) is 2.85. The molecule has 0 heteroatoms. The van der Waals surface area contributed by atoms with Crippen LogP contribution in [0.5, 0.6) is 0 Å². The molecular weight excluding hydrogens is 168 g/mol. The fourth-order valence-corrected chi connectivity index (χ4v) is 3.76. The minimum absolute atomic E-state index is 0.509. The van der Waals surface area contributed by atoms with E-state index < -0.39 is 0 Å². The lowest BCUT2D eigenvalue weighted by molar-refractivity contribution is 0.0264. The topological polar surface area (TPSA) is 0 Å². The zero-order chi connectivity index (χ0) is 11.1. The maximum absolute atomic E-state index is 2.50. The zero-order valence-electron chi connectivity index (χ0n) is 11.1. The fraction of sp³-hybridized carbons (Fsp3) is 1.00. The first-order valence-electron chi connectivity index (χ1n) is 6.23. The molecule has 84 valence electrons. The summed E-state index contributed by atoms with van der Waals surface area (Å²) in [5, 5.41) is 0. The van der Waals surface area contributed by atoms with Crippen LogP contribution in [0.25, 0.3) is 0 Å². The molecule has 0 aromatic rings. The van der Waals surface area contributed by atoms with Gasteiger partial charge in [-0.15, -0.1) is 0 Å². The molecule has 1 rings (SSSR count). The predicted octanol–water partition coefficient (Wildman–Crippen LogP) is 4.74. The highest BCUT2D eigenvalue weighted by atomic mass is 14.6. The van der Waals surface area contributed by atoms with Crippen LogP contribution in [0.15, 0.2) is 0 Å². The second-order valence-electron chi connectivity index (χ2n) is 6.68. The van der Waals surface area contributed by atoms with Crippen LogP contribution in [0.1, 0.15) is 61.3 Å². The van der Waals surface area contributed by atoms with Crippen LogP contribution < -0.4 is 0 Å². The van der Waals surface area contributed by atoms with Gasteiger partial charge in [0.1, 0.15) is 0 Å². The summed E-state index contributed by atoms with van der Waals surface area (Å²) in [6.45, 7) is 17.0. The normalized spacial score (nSPS) is 37.1. The molecule has 0 radical (unpaired) electrons. The summed E-state index contributed by atoms with van der Waals surface area (Å²) in [6, 6.07) is 0. The van der Waals surface area contributed by atoms with Crippen molar-refractivity contribution in [1.82, 2.24) is 0 Å². The van der Waals surface area contributed by atoms with E-state index in [1.165, 1.54) is 12.8 Å². The van der Waals surface area contributed by atoms with Crippen LogP contribution in [0, 0.1) is 28.6 Å². The second-order valence-corrected chi connectivity index (χ2v) is 6.68. The van der Waals surface area contributed by atoms with Gasteiger partial charge < -0.3 is 0 Å². The number of hydrogen-bond donors (Lipinski definition) is 0. The third kappa shape index (κ3) is 1.51. The summed E-state index contributed by atoms with van der Waals surface area (Å²) in [5.41, 5.74) is 1.05. The number of rotatable bonds is 2. The van der Waals surface area contributed by atoms with Crippen molar-refractivity contribution in [3.63, 3.8) is 0 Å². The predicted molar refractivity (Wildman–Crippen MR) is 64.3 cm³/mol. The van der Waals surface area contributed by atoms with E-state index in [0.29, 0.717) is 10.8 Å². The molecule has 1 saturated carbocycles. The van der Waals surface area contributed by atoms with Gasteiger partial charge in [0.05, 0.1) is 0 Å². The van der Waals surface area contributed by atoms with Crippen molar-refractivity contribution in [2.45, 2.75) is 61.3 Å². The van der Waals surface area contributed by atoms with Gasteiger partial charge in [-0.25, -0.2) is 0 Å². The summed E-state index contributed by atoms with van der Waals surface area (Å²) < 4.78 is 0. The average molecular weight is 196 g/mol. The molecule has 0 heterocycles. The Labute approximate surface area is 90.5 Å². The molecule has 0 aliphatic heterocycles. The largest absolute Gasteiger partial charge is 0.0625 e. The smallest absolute Gasteiger partial charge is 0.0249 e. The minimum atomic E-state index is 0.509. The lowest BCUT2D eigenvalue weighted by Crippen LogP contribution is -2.39. The fourth-order valence-electron chi connectivity index (χ4n) is 3.76. The Kier molecular flexibility index (Phi) is 3.05. The van der Waals surface area contributed by atoms with Crippen molar-refractivity contribution < 1.29 is 0 Å². The second kappa shape index (κ2) is 3.54. The molecule has 1 aliphatic carbocycles. The maximum Gasteiger partial charge on any atom is -0.0249 e. The molecule has 0 aromatic heterocycles. The van der Waals surface area contributed by atoms with Crippen LogP contribution in [0.2, 0.25) is 0 Å². The van der Waals surface area contributed by atoms with Gasteiger partial charge in [-0.2, -0.15) is 0 Å². The average Bonchev–Trinajstić information content (AvgIpc) is 2.24. The standard InChI is InChI=1S/C14H28/c1-10(2)12-8-9-14(7,11(3)4)13(12,5)6/h10-12H,8-9H2,1-7H3/t12-,14-/m1/s1. The summed E-state index contributed by atoms with van der Waals surface area (Å²) in [5.74, 6) is 2.56. The van der Waals surface area contributed by atoms with Gasteiger partial charge in [-0.1, -0.05) is 48.5 Å². The van der Waals surface area contributed by atoms with E-state index in [9.17, 15) is 0 Å². The van der Waals surface area contributed by atoms with Crippen molar-refractivity contribution in [1.29, 1.82) is 0 Å². The Balaban J connectivity index is 2.96. The molecule has 1 aliphatic rings. The van der Waals surface area contributed by atoms with E-state index in [1.54, 1.807) is 0 Å². The molecule has 0 bridgehead atoms. The van der Waals surface area contributed by atoms with Crippen molar-refractivity contribution in [3.8, 4) is 0 Å². The molecule has 14 heavy (non-hydrogen) atoms. The SMILES string of the molecule is CC(C)[C@H]1CC[C@](C)(C(C)C)C1(C)C. The molecule has 0 spiro atoms. The molecule has 0 N–H and O–H groups in total. The Bertz CT molecular complexity index is 200. The first kappa shape index (κ1) is 12.1. The Morgan fingerprint density at radius 2 is 1.50 bits per heavy atom. The first-order valence-corrected chi connectivity index (χ1v) is 6.23. The van der Waals surface area contributed by atoms with E-state index in [4.69, 9.17) is 0 Å². The molecule has 0 saturated heterocycles. The van der Waals surface area contributed by atoms with E-state index in [2.05, 4.69) is 48.5 Å². The number of hydrogen-bond acceptors (Lipinski definition) is 0. The zero-order valence-corrected chi connectivity index (χ0v) is 11.1. The first-order chi connectivity index (χ1) is 6.23. The molecule has 0 unspecified atom stereocenters. The summed E-state index contributed by atoms with van der Waals surface area (Å²) in [4.78, 5) is 0. The van der Waals surface area contributed by atoms with Gasteiger partial charge in [0.2, 0.25) is 0 Å². The highest BCUT2D eigenvalue weighted by Crippen LogP contribution is 2.61. The van der Waals surface area contributed by atoms with Crippen LogP contribution >= 0.6 is 0 Å². The molecule has 2 atom stereocenters. The molecule has 0 nitrogen and oxygen atoms in total. The van der Waals surface area contributed by atoms with Crippen molar-refractivity contribution in [3.05, 3.63) is 0 Å². The highest BCUT2D eigenvalue weighted by Gasteiger charge is 2.53. The Hall–Kier alpha value is 0. The van der Waals surface area contributed by atoms with Crippen molar-refractivity contribution in [2.75, 3.05) is 0 Å². The minimum Gasteiger partial charge on any atom is -0.0625 e.